The van der Waals surface area contributed by atoms with Crippen molar-refractivity contribution in [3.05, 3.63) is 0 Å². The Morgan fingerprint density at radius 3 is 1.18 bits per heavy atom. The Bertz CT molecular complexity index is 184. The number of aliphatic hydroxyl groups is 2. The normalized spacial score (nSPS) is 9.18. The van der Waals surface area contributed by atoms with Crippen molar-refractivity contribution in [2.75, 3.05) is 6.54 Å². The van der Waals surface area contributed by atoms with E-state index in [0.717, 1.165) is 6.54 Å². The van der Waals surface area contributed by atoms with Crippen molar-refractivity contribution in [1.82, 2.24) is 4.90 Å². The molecule has 0 rings (SSSR count). The molecule has 0 saturated carbocycles. The Kier molecular flexibility index (Phi) is 17.0. The lowest BCUT2D eigenvalue weighted by Gasteiger charge is -2.28. The molecule has 0 unspecified atom stereocenters. The van der Waals surface area contributed by atoms with Gasteiger partial charge in [0.2, 0.25) is 0 Å². The van der Waals surface area contributed by atoms with Crippen LogP contribution < -0.4 is 11.5 Å². The van der Waals surface area contributed by atoms with Gasteiger partial charge in [-0.3, -0.25) is 4.90 Å². The van der Waals surface area contributed by atoms with E-state index >= 15 is 0 Å². The maximum atomic E-state index is 7.56. The maximum Gasteiger partial charge on any atom is 0.251 e. The fraction of sp³-hybridized carbons (Fsp3) is 0.800. The zero-order valence-electron chi connectivity index (χ0n) is 11.2. The molecule has 0 atom stereocenters. The van der Waals surface area contributed by atoms with Crippen molar-refractivity contribution < 1.29 is 10.2 Å². The molecule has 0 fully saturated rings. The van der Waals surface area contributed by atoms with Crippen molar-refractivity contribution in [2.45, 2.75) is 46.7 Å². The van der Waals surface area contributed by atoms with Gasteiger partial charge in [-0.15, -0.1) is 0 Å². The van der Waals surface area contributed by atoms with Gasteiger partial charge in [-0.2, -0.15) is 0 Å². The van der Waals surface area contributed by atoms with E-state index in [1.165, 1.54) is 0 Å². The summed E-state index contributed by atoms with van der Waals surface area (Å²) in [5.41, 5.74) is 8.80. The van der Waals surface area contributed by atoms with E-state index in [2.05, 4.69) is 75.4 Å². The number of hydrogen-bond acceptors (Lipinski definition) is 3. The highest BCUT2D eigenvalue weighted by Gasteiger charge is 2.08. The summed E-state index contributed by atoms with van der Waals surface area (Å²) in [6.07, 6.45) is 0. The third kappa shape index (κ3) is 31.3. The maximum absolute atomic E-state index is 7.56. The minimum absolute atomic E-state index is 0.500. The Hall–Kier alpha value is -0.660. The first-order valence-corrected chi connectivity index (χ1v) is 6.10. The van der Waals surface area contributed by atoms with E-state index in [1.807, 2.05) is 0 Å². The number of rotatable bonds is 3. The van der Waals surface area contributed by atoms with Crippen molar-refractivity contribution in [1.29, 1.82) is 0 Å². The summed E-state index contributed by atoms with van der Waals surface area (Å²) in [6.45, 7) is 12.3. The van der Waals surface area contributed by atoms with Gasteiger partial charge in [-0.05, 0) is 58.7 Å². The van der Waals surface area contributed by atoms with Gasteiger partial charge in [0, 0.05) is 12.1 Å². The van der Waals surface area contributed by atoms with E-state index in [-0.39, 0.29) is 0 Å². The highest BCUT2D eigenvalue weighted by atomic mass is 32.1. The molecule has 0 saturated heterocycles. The van der Waals surface area contributed by atoms with Gasteiger partial charge in [0.15, 0.2) is 0 Å². The molecule has 0 amide bonds. The van der Waals surface area contributed by atoms with Crippen LogP contribution in [0.5, 0.6) is 0 Å². The van der Waals surface area contributed by atoms with Crippen LogP contribution in [0, 0.1) is 0 Å². The molecule has 0 aliphatic carbocycles. The molecule has 0 spiro atoms. The van der Waals surface area contributed by atoms with Crippen LogP contribution in [0.15, 0.2) is 0 Å². The van der Waals surface area contributed by atoms with Gasteiger partial charge in [-0.25, -0.2) is 0 Å². The number of nitrogens with two attached hydrogens (primary N) is 2. The monoisotopic (exact) mass is 283 g/mol. The lowest BCUT2D eigenvalue weighted by molar-refractivity contribution is 0.185. The first kappa shape index (κ1) is 21.6. The molecule has 6 N–H and O–H groups in total. The minimum atomic E-state index is -0.500. The average Bonchev–Trinajstić information content (AvgIpc) is 2.00. The van der Waals surface area contributed by atoms with Crippen LogP contribution in [0.1, 0.15) is 34.6 Å². The summed E-state index contributed by atoms with van der Waals surface area (Å²) < 4.78 is 0. The third-order valence-corrected chi connectivity index (χ3v) is 1.69. The van der Waals surface area contributed by atoms with Gasteiger partial charge in [0.1, 0.15) is 0 Å². The zero-order chi connectivity index (χ0) is 14.6. The smallest absolute Gasteiger partial charge is 0.251 e. The van der Waals surface area contributed by atoms with Gasteiger partial charge in [0.25, 0.3) is 10.3 Å². The van der Waals surface area contributed by atoms with Crippen molar-refractivity contribution in [3.8, 4) is 0 Å². The van der Waals surface area contributed by atoms with Crippen LogP contribution in [0.25, 0.3) is 0 Å². The van der Waals surface area contributed by atoms with Crippen molar-refractivity contribution in [2.24, 2.45) is 11.5 Å². The molecular weight excluding hydrogens is 258 g/mol. The average molecular weight is 283 g/mol. The van der Waals surface area contributed by atoms with Crippen molar-refractivity contribution >= 4 is 34.8 Å². The summed E-state index contributed by atoms with van der Waals surface area (Å²) in [6, 6.07) is 1.38. The fourth-order valence-electron chi connectivity index (χ4n) is 1.33. The molecule has 0 bridgehead atoms. The van der Waals surface area contributed by atoms with Crippen LogP contribution in [0.4, 0.5) is 0 Å². The summed E-state index contributed by atoms with van der Waals surface area (Å²) in [7, 11) is 0. The predicted octanol–water partition coefficient (Wildman–Crippen LogP) is 1.70. The highest BCUT2D eigenvalue weighted by Crippen LogP contribution is 2.02. The Labute approximate surface area is 115 Å². The summed E-state index contributed by atoms with van der Waals surface area (Å²) >= 11 is 7.74. The topological polar surface area (TPSA) is 95.7 Å². The minimum Gasteiger partial charge on any atom is -0.487 e. The molecule has 0 aromatic rings. The van der Waals surface area contributed by atoms with Crippen LogP contribution >= 0.6 is 24.4 Å². The molecular formula is C10H25N3O2S2. The van der Waals surface area contributed by atoms with E-state index in [4.69, 9.17) is 10.2 Å². The second-order valence-electron chi connectivity index (χ2n) is 3.69. The van der Waals surface area contributed by atoms with Crippen LogP contribution in [0.3, 0.4) is 0 Å². The number of aliphatic hydroxyl groups excluding tert-OH is 2. The first-order chi connectivity index (χ1) is 7.56. The second-order valence-corrected chi connectivity index (χ2v) is 4.53. The van der Waals surface area contributed by atoms with Gasteiger partial charge < -0.3 is 21.7 Å². The second kappa shape index (κ2) is 13.4. The first-order valence-electron chi connectivity index (χ1n) is 5.28. The van der Waals surface area contributed by atoms with E-state index in [9.17, 15) is 0 Å². The number of thiocarbonyl (C=S) groups is 2. The standard InChI is InChI=1S/C8H19N.2CH3NOS/c1-6-9(7(2)3)8(4)5;2*2-1(3)4/h7-8H,6H2,1-5H3;2*(H3,2,3,4). The molecule has 104 valence electrons. The molecule has 0 radical (unpaired) electrons. The van der Waals surface area contributed by atoms with E-state index in [0.29, 0.717) is 12.1 Å². The molecule has 17 heavy (non-hydrogen) atoms. The molecule has 0 aromatic heterocycles. The number of hydrogen-bond donors (Lipinski definition) is 4. The van der Waals surface area contributed by atoms with Crippen LogP contribution in [-0.4, -0.2) is 44.1 Å². The summed E-state index contributed by atoms with van der Waals surface area (Å²) in [5, 5.41) is 14.1. The quantitative estimate of drug-likeness (QED) is 0.585. The molecule has 0 heterocycles. The highest BCUT2D eigenvalue weighted by molar-refractivity contribution is 7.80. The lowest BCUT2D eigenvalue weighted by Crippen LogP contribution is -2.36. The van der Waals surface area contributed by atoms with Crippen LogP contribution in [-0.2, 0) is 0 Å². The molecule has 5 nitrogen and oxygen atoms in total. The molecule has 0 aliphatic heterocycles. The fourth-order valence-corrected chi connectivity index (χ4v) is 1.33. The van der Waals surface area contributed by atoms with Crippen LogP contribution in [0.2, 0.25) is 0 Å². The third-order valence-electron chi connectivity index (χ3n) is 1.69. The Morgan fingerprint density at radius 2 is 1.18 bits per heavy atom. The molecule has 7 heteroatoms. The van der Waals surface area contributed by atoms with Gasteiger partial charge in [0.05, 0.1) is 0 Å². The lowest BCUT2D eigenvalue weighted by atomic mass is 10.2. The van der Waals surface area contributed by atoms with E-state index in [1.54, 1.807) is 0 Å². The summed E-state index contributed by atoms with van der Waals surface area (Å²) in [4.78, 5) is 2.46. The Balaban J connectivity index is -0.000000205. The largest absolute Gasteiger partial charge is 0.487 e. The molecule has 0 aromatic carbocycles. The predicted molar refractivity (Wildman–Crippen MR) is 81.5 cm³/mol. The summed E-state index contributed by atoms with van der Waals surface area (Å²) in [5.74, 6) is 0. The number of nitrogens with zero attached hydrogens (tertiary/aromatic N) is 1. The SMILES string of the molecule is CCN(C(C)C)C(C)C.NC(O)=S.NC(O)=S. The van der Waals surface area contributed by atoms with Gasteiger partial charge in [-0.1, -0.05) is 6.92 Å². The zero-order valence-corrected chi connectivity index (χ0v) is 12.8. The van der Waals surface area contributed by atoms with Gasteiger partial charge >= 0.3 is 0 Å². The molecule has 0 aliphatic rings. The Morgan fingerprint density at radius 1 is 1.00 bits per heavy atom. The van der Waals surface area contributed by atoms with E-state index < -0.39 is 10.3 Å². The van der Waals surface area contributed by atoms with Crippen molar-refractivity contribution in [3.63, 3.8) is 0 Å².